The topological polar surface area (TPSA) is 27.7 Å². The Morgan fingerprint density at radius 2 is 2.04 bits per heavy atom. The van der Waals surface area contributed by atoms with Crippen molar-refractivity contribution in [2.24, 2.45) is 0 Å². The van der Waals surface area contributed by atoms with Crippen molar-refractivity contribution in [2.75, 3.05) is 38.6 Å². The van der Waals surface area contributed by atoms with Gasteiger partial charge in [0.15, 0.2) is 5.11 Å². The lowest BCUT2D eigenvalue weighted by molar-refractivity contribution is 0.0576. The first-order valence-electron chi connectivity index (χ1n) is 9.63. The number of likely N-dealkylation sites (tertiary alicyclic amines) is 1. The van der Waals surface area contributed by atoms with Gasteiger partial charge in [0.1, 0.15) is 0 Å². The molecule has 1 atom stereocenters. The van der Waals surface area contributed by atoms with Gasteiger partial charge in [0.2, 0.25) is 0 Å². The maximum Gasteiger partial charge on any atom is 0.173 e. The molecule has 0 radical (unpaired) electrons. The monoisotopic (exact) mass is 361 g/mol. The fourth-order valence-electron chi connectivity index (χ4n) is 3.91. The fraction of sp³-hybridized carbons (Fsp3) is 0.650. The molecule has 0 aromatic heterocycles. The summed E-state index contributed by atoms with van der Waals surface area (Å²) in [5.74, 6) is 0. The third kappa shape index (κ3) is 4.93. The van der Waals surface area contributed by atoms with Crippen molar-refractivity contribution in [3.05, 3.63) is 29.8 Å². The van der Waals surface area contributed by atoms with Gasteiger partial charge in [0.25, 0.3) is 0 Å². The summed E-state index contributed by atoms with van der Waals surface area (Å²) < 4.78 is 5.78. The highest BCUT2D eigenvalue weighted by Crippen LogP contribution is 2.21. The summed E-state index contributed by atoms with van der Waals surface area (Å²) in [6.07, 6.45) is 6.23. The SMILES string of the molecule is CCc1ccccc1NC(=S)N1CCC(N(C)C[C@@H]2CCCO2)CC1. The van der Waals surface area contributed by atoms with Gasteiger partial charge in [-0.1, -0.05) is 25.1 Å². The summed E-state index contributed by atoms with van der Waals surface area (Å²) >= 11 is 5.66. The predicted molar refractivity (Wildman–Crippen MR) is 108 cm³/mol. The van der Waals surface area contributed by atoms with E-state index in [1.54, 1.807) is 0 Å². The smallest absolute Gasteiger partial charge is 0.173 e. The van der Waals surface area contributed by atoms with E-state index >= 15 is 0 Å². The van der Waals surface area contributed by atoms with Crippen molar-refractivity contribution in [1.29, 1.82) is 0 Å². The van der Waals surface area contributed by atoms with Gasteiger partial charge < -0.3 is 19.9 Å². The zero-order chi connectivity index (χ0) is 17.6. The first-order chi connectivity index (χ1) is 12.2. The average Bonchev–Trinajstić information content (AvgIpc) is 3.15. The van der Waals surface area contributed by atoms with Crippen molar-refractivity contribution < 1.29 is 4.74 Å². The molecule has 0 amide bonds. The Labute approximate surface area is 157 Å². The lowest BCUT2D eigenvalue weighted by atomic mass is 10.0. The number of benzene rings is 1. The van der Waals surface area contributed by atoms with Crippen LogP contribution in [0.15, 0.2) is 24.3 Å². The maximum atomic E-state index is 5.78. The van der Waals surface area contributed by atoms with E-state index in [1.165, 1.54) is 31.2 Å². The van der Waals surface area contributed by atoms with Crippen molar-refractivity contribution in [2.45, 2.75) is 51.2 Å². The molecular weight excluding hydrogens is 330 g/mol. The van der Waals surface area contributed by atoms with E-state index in [0.29, 0.717) is 12.1 Å². The number of hydrogen-bond acceptors (Lipinski definition) is 3. The standard InChI is InChI=1S/C20H31N3OS/c1-3-16-7-4-5-9-19(16)21-20(25)23-12-10-17(11-13-23)22(2)15-18-8-6-14-24-18/h4-5,7,9,17-18H,3,6,8,10-15H2,1-2H3,(H,21,25)/t18-/m0/s1. The first kappa shape index (κ1) is 18.6. The minimum absolute atomic E-state index is 0.441. The van der Waals surface area contributed by atoms with E-state index in [0.717, 1.165) is 43.5 Å². The van der Waals surface area contributed by atoms with Gasteiger partial charge in [0.05, 0.1) is 6.10 Å². The van der Waals surface area contributed by atoms with Crippen LogP contribution in [0.1, 0.15) is 38.2 Å². The van der Waals surface area contributed by atoms with Crippen LogP contribution >= 0.6 is 12.2 Å². The third-order valence-corrected chi connectivity index (χ3v) is 5.89. The number of aryl methyl sites for hydroxylation is 1. The van der Waals surface area contributed by atoms with Crippen LogP contribution in [-0.4, -0.2) is 60.3 Å². The third-order valence-electron chi connectivity index (χ3n) is 5.53. The first-order valence-corrected chi connectivity index (χ1v) is 10.0. The van der Waals surface area contributed by atoms with Crippen LogP contribution in [0.25, 0.3) is 0 Å². The van der Waals surface area contributed by atoms with Crippen molar-refractivity contribution in [3.63, 3.8) is 0 Å². The fourth-order valence-corrected chi connectivity index (χ4v) is 4.21. The lowest BCUT2D eigenvalue weighted by Crippen LogP contribution is -2.48. The number of thiocarbonyl (C=S) groups is 1. The highest BCUT2D eigenvalue weighted by Gasteiger charge is 2.26. The molecule has 1 aromatic carbocycles. The number of piperidine rings is 1. The number of hydrogen-bond donors (Lipinski definition) is 1. The highest BCUT2D eigenvalue weighted by atomic mass is 32.1. The number of rotatable bonds is 5. The molecule has 0 saturated carbocycles. The Bertz CT molecular complexity index is 566. The minimum atomic E-state index is 0.441. The Morgan fingerprint density at radius 1 is 1.28 bits per heavy atom. The van der Waals surface area contributed by atoms with Crippen LogP contribution < -0.4 is 5.32 Å². The van der Waals surface area contributed by atoms with Gasteiger partial charge in [0, 0.05) is 38.0 Å². The Kier molecular flexibility index (Phi) is 6.68. The van der Waals surface area contributed by atoms with Gasteiger partial charge in [-0.25, -0.2) is 0 Å². The second-order valence-electron chi connectivity index (χ2n) is 7.23. The molecule has 0 bridgehead atoms. The number of ether oxygens (including phenoxy) is 1. The van der Waals surface area contributed by atoms with Crippen LogP contribution in [0.2, 0.25) is 0 Å². The second kappa shape index (κ2) is 8.97. The largest absolute Gasteiger partial charge is 0.377 e. The molecule has 0 spiro atoms. The molecule has 5 heteroatoms. The van der Waals surface area contributed by atoms with E-state index in [1.807, 2.05) is 0 Å². The maximum absolute atomic E-state index is 5.78. The molecule has 2 fully saturated rings. The van der Waals surface area contributed by atoms with Crippen molar-refractivity contribution in [1.82, 2.24) is 9.80 Å². The molecule has 0 unspecified atom stereocenters. The quantitative estimate of drug-likeness (QED) is 0.810. The van der Waals surface area contributed by atoms with Gasteiger partial charge in [-0.05, 0) is 63.0 Å². The molecule has 2 aliphatic heterocycles. The van der Waals surface area contributed by atoms with E-state index < -0.39 is 0 Å². The van der Waals surface area contributed by atoms with Crippen LogP contribution in [0, 0.1) is 0 Å². The zero-order valence-corrected chi connectivity index (χ0v) is 16.4. The summed E-state index contributed by atoms with van der Waals surface area (Å²) in [6.45, 7) is 6.24. The van der Waals surface area contributed by atoms with E-state index in [4.69, 9.17) is 17.0 Å². The number of anilines is 1. The lowest BCUT2D eigenvalue weighted by Gasteiger charge is -2.38. The molecule has 1 N–H and O–H groups in total. The molecule has 4 nitrogen and oxygen atoms in total. The van der Waals surface area contributed by atoms with E-state index in [-0.39, 0.29) is 0 Å². The van der Waals surface area contributed by atoms with Gasteiger partial charge in [-0.3, -0.25) is 0 Å². The molecule has 2 aliphatic rings. The summed E-state index contributed by atoms with van der Waals surface area (Å²) in [4.78, 5) is 4.81. The van der Waals surface area contributed by atoms with Crippen molar-refractivity contribution in [3.8, 4) is 0 Å². The molecule has 2 heterocycles. The molecular formula is C20H31N3OS. The zero-order valence-electron chi connectivity index (χ0n) is 15.5. The van der Waals surface area contributed by atoms with Crippen molar-refractivity contribution >= 4 is 23.0 Å². The van der Waals surface area contributed by atoms with E-state index in [9.17, 15) is 0 Å². The Morgan fingerprint density at radius 3 is 2.72 bits per heavy atom. The molecule has 1 aromatic rings. The predicted octanol–water partition coefficient (Wildman–Crippen LogP) is 3.52. The highest BCUT2D eigenvalue weighted by molar-refractivity contribution is 7.80. The summed E-state index contributed by atoms with van der Waals surface area (Å²) in [7, 11) is 2.25. The number of likely N-dealkylation sites (N-methyl/N-ethyl adjacent to an activating group) is 1. The summed E-state index contributed by atoms with van der Waals surface area (Å²) in [5, 5.41) is 4.32. The van der Waals surface area contributed by atoms with Gasteiger partial charge in [-0.15, -0.1) is 0 Å². The van der Waals surface area contributed by atoms with E-state index in [2.05, 4.69) is 53.4 Å². The Hall–Kier alpha value is -1.17. The van der Waals surface area contributed by atoms with Crippen LogP contribution in [0.3, 0.4) is 0 Å². The molecule has 3 rings (SSSR count). The number of nitrogens with one attached hydrogen (secondary N) is 1. The minimum Gasteiger partial charge on any atom is -0.377 e. The number of nitrogens with zero attached hydrogens (tertiary/aromatic N) is 2. The average molecular weight is 362 g/mol. The van der Waals surface area contributed by atoms with Gasteiger partial charge >= 0.3 is 0 Å². The summed E-state index contributed by atoms with van der Waals surface area (Å²) in [6, 6.07) is 9.08. The summed E-state index contributed by atoms with van der Waals surface area (Å²) in [5.41, 5.74) is 2.46. The van der Waals surface area contributed by atoms with Crippen LogP contribution in [0.5, 0.6) is 0 Å². The second-order valence-corrected chi connectivity index (χ2v) is 7.62. The molecule has 138 valence electrons. The molecule has 2 saturated heterocycles. The number of para-hydroxylation sites is 1. The normalized spacial score (nSPS) is 21.7. The van der Waals surface area contributed by atoms with Crippen LogP contribution in [-0.2, 0) is 11.2 Å². The van der Waals surface area contributed by atoms with Gasteiger partial charge in [-0.2, -0.15) is 0 Å². The molecule has 0 aliphatic carbocycles. The Balaban J connectivity index is 1.47. The van der Waals surface area contributed by atoms with Crippen LogP contribution in [0.4, 0.5) is 5.69 Å². The molecule has 25 heavy (non-hydrogen) atoms.